The highest BCUT2D eigenvalue weighted by Gasteiger charge is 2.32. The molecule has 2 N–H and O–H groups in total. The minimum Gasteiger partial charge on any atom is -0.309 e. The van der Waals surface area contributed by atoms with E-state index in [2.05, 4.69) is 21.6 Å². The molecule has 5 heteroatoms. The predicted molar refractivity (Wildman–Crippen MR) is 82.0 cm³/mol. The SMILES string of the molecule is N#Cc1ccc(C2CC(=O)Nc3n[nH]c(C4=CC=C4)c32)cc1. The Morgan fingerprint density at radius 1 is 1.27 bits per heavy atom. The first kappa shape index (κ1) is 12.6. The van der Waals surface area contributed by atoms with Gasteiger partial charge >= 0.3 is 0 Å². The molecule has 2 aromatic rings. The van der Waals surface area contributed by atoms with Crippen molar-refractivity contribution in [2.75, 3.05) is 5.32 Å². The summed E-state index contributed by atoms with van der Waals surface area (Å²) in [6, 6.07) is 9.50. The molecule has 1 aliphatic heterocycles. The van der Waals surface area contributed by atoms with E-state index in [1.54, 1.807) is 12.1 Å². The number of nitrogens with one attached hydrogen (secondary N) is 2. The topological polar surface area (TPSA) is 81.6 Å². The van der Waals surface area contributed by atoms with Crippen LogP contribution < -0.4 is 5.32 Å². The highest BCUT2D eigenvalue weighted by Crippen LogP contribution is 2.41. The Balaban J connectivity index is 1.82. The Kier molecular flexibility index (Phi) is 2.70. The first-order valence-corrected chi connectivity index (χ1v) is 7.03. The number of amides is 1. The maximum Gasteiger partial charge on any atom is 0.226 e. The van der Waals surface area contributed by atoms with Crippen molar-refractivity contribution < 1.29 is 4.79 Å². The Morgan fingerprint density at radius 3 is 2.68 bits per heavy atom. The molecule has 22 heavy (non-hydrogen) atoms. The summed E-state index contributed by atoms with van der Waals surface area (Å²) >= 11 is 0. The van der Waals surface area contributed by atoms with Gasteiger partial charge in [0.1, 0.15) is 0 Å². The Labute approximate surface area is 127 Å². The number of benzene rings is 1. The van der Waals surface area contributed by atoms with Gasteiger partial charge in [0, 0.05) is 17.9 Å². The zero-order chi connectivity index (χ0) is 15.1. The number of fused-ring (bicyclic) bond motifs is 1. The van der Waals surface area contributed by atoms with Crippen LogP contribution in [0.15, 0.2) is 42.5 Å². The number of aromatic amines is 1. The number of H-pyrrole nitrogens is 1. The summed E-state index contributed by atoms with van der Waals surface area (Å²) < 4.78 is 0. The molecule has 1 aromatic heterocycles. The van der Waals surface area contributed by atoms with E-state index in [9.17, 15) is 4.79 Å². The summed E-state index contributed by atoms with van der Waals surface area (Å²) in [5.74, 6) is 0.500. The Hall–Kier alpha value is -3.13. The van der Waals surface area contributed by atoms with Gasteiger partial charge in [-0.15, -0.1) is 0 Å². The molecule has 0 radical (unpaired) electrons. The van der Waals surface area contributed by atoms with Crippen LogP contribution in [0.4, 0.5) is 5.82 Å². The monoisotopic (exact) mass is 288 g/mol. The second kappa shape index (κ2) is 4.71. The summed E-state index contributed by atoms with van der Waals surface area (Å²) in [5.41, 5.74) is 4.68. The number of allylic oxidation sites excluding steroid dienone is 4. The number of aromatic nitrogens is 2. The molecule has 2 heterocycles. The maximum absolute atomic E-state index is 11.9. The highest BCUT2D eigenvalue weighted by atomic mass is 16.1. The second-order valence-electron chi connectivity index (χ2n) is 5.38. The molecule has 1 atom stereocenters. The summed E-state index contributed by atoms with van der Waals surface area (Å²) in [6.45, 7) is 0. The lowest BCUT2D eigenvalue weighted by Crippen LogP contribution is -2.23. The van der Waals surface area contributed by atoms with E-state index < -0.39 is 0 Å². The van der Waals surface area contributed by atoms with Crippen molar-refractivity contribution in [1.29, 1.82) is 5.26 Å². The molecule has 5 nitrogen and oxygen atoms in total. The molecule has 1 unspecified atom stereocenters. The molecule has 0 bridgehead atoms. The predicted octanol–water partition coefficient (Wildman–Crippen LogP) is 2.71. The first-order valence-electron chi connectivity index (χ1n) is 7.03. The van der Waals surface area contributed by atoms with Gasteiger partial charge in [0.2, 0.25) is 5.91 Å². The lowest BCUT2D eigenvalue weighted by atomic mass is 9.83. The van der Waals surface area contributed by atoms with Crippen molar-refractivity contribution in [2.45, 2.75) is 12.3 Å². The second-order valence-corrected chi connectivity index (χ2v) is 5.38. The first-order chi connectivity index (χ1) is 10.8. The highest BCUT2D eigenvalue weighted by molar-refractivity contribution is 5.96. The Bertz CT molecular complexity index is 865. The van der Waals surface area contributed by atoms with E-state index in [1.807, 2.05) is 30.4 Å². The molecular formula is C17H12N4O. The average molecular weight is 288 g/mol. The van der Waals surface area contributed by atoms with Crippen LogP contribution in [0, 0.1) is 11.3 Å². The minimum atomic E-state index is -0.0554. The van der Waals surface area contributed by atoms with Crippen LogP contribution in [0.25, 0.3) is 5.57 Å². The van der Waals surface area contributed by atoms with Gasteiger partial charge in [-0.3, -0.25) is 9.89 Å². The van der Waals surface area contributed by atoms with Gasteiger partial charge < -0.3 is 5.32 Å². The van der Waals surface area contributed by atoms with Gasteiger partial charge in [0.05, 0.1) is 17.3 Å². The number of hydrogen-bond acceptors (Lipinski definition) is 3. The lowest BCUT2D eigenvalue weighted by molar-refractivity contribution is -0.116. The van der Waals surface area contributed by atoms with Crippen LogP contribution in [0.2, 0.25) is 0 Å². The van der Waals surface area contributed by atoms with Crippen molar-refractivity contribution in [3.63, 3.8) is 0 Å². The van der Waals surface area contributed by atoms with E-state index in [1.165, 1.54) is 0 Å². The number of rotatable bonds is 2. The number of anilines is 1. The van der Waals surface area contributed by atoms with E-state index in [0.29, 0.717) is 17.8 Å². The summed E-state index contributed by atoms with van der Waals surface area (Å²) in [6.07, 6.45) is 6.38. The average Bonchev–Trinajstić information content (AvgIpc) is 2.88. The van der Waals surface area contributed by atoms with Crippen molar-refractivity contribution >= 4 is 17.3 Å². The van der Waals surface area contributed by atoms with Crippen LogP contribution in [-0.4, -0.2) is 16.1 Å². The van der Waals surface area contributed by atoms with E-state index in [0.717, 1.165) is 22.4 Å². The molecule has 2 aliphatic rings. The quantitative estimate of drug-likeness (QED) is 0.891. The van der Waals surface area contributed by atoms with Crippen molar-refractivity contribution in [1.82, 2.24) is 10.2 Å². The number of carbonyl (C=O) groups excluding carboxylic acids is 1. The van der Waals surface area contributed by atoms with Gasteiger partial charge in [0.15, 0.2) is 5.82 Å². The fourth-order valence-electron chi connectivity index (χ4n) is 2.91. The molecule has 106 valence electrons. The van der Waals surface area contributed by atoms with Gasteiger partial charge in [-0.25, -0.2) is 0 Å². The molecule has 1 aliphatic carbocycles. The fraction of sp³-hybridized carbons (Fsp3) is 0.118. The largest absolute Gasteiger partial charge is 0.309 e. The van der Waals surface area contributed by atoms with Gasteiger partial charge in [-0.1, -0.05) is 30.4 Å². The summed E-state index contributed by atoms with van der Waals surface area (Å²) in [4.78, 5) is 11.9. The van der Waals surface area contributed by atoms with E-state index >= 15 is 0 Å². The van der Waals surface area contributed by atoms with Gasteiger partial charge in [0.25, 0.3) is 0 Å². The molecule has 1 amide bonds. The Morgan fingerprint density at radius 2 is 2.05 bits per heavy atom. The fourth-order valence-corrected chi connectivity index (χ4v) is 2.91. The van der Waals surface area contributed by atoms with Crippen molar-refractivity contribution in [2.24, 2.45) is 0 Å². The van der Waals surface area contributed by atoms with E-state index in [4.69, 9.17) is 5.26 Å². The molecule has 0 saturated heterocycles. The molecule has 1 aromatic carbocycles. The lowest BCUT2D eigenvalue weighted by Gasteiger charge is -2.24. The maximum atomic E-state index is 11.9. The zero-order valence-corrected chi connectivity index (χ0v) is 11.6. The van der Waals surface area contributed by atoms with Gasteiger partial charge in [-0.05, 0) is 23.3 Å². The number of hydrogen-bond donors (Lipinski definition) is 2. The number of carbonyl (C=O) groups is 1. The molecular weight excluding hydrogens is 276 g/mol. The van der Waals surface area contributed by atoms with Crippen LogP contribution in [-0.2, 0) is 4.79 Å². The standard InChI is InChI=1S/C17H12N4O/c18-9-10-4-6-11(7-5-10)13-8-14(22)19-17-15(13)16(20-21-17)12-2-1-3-12/h1-7,13H,8H2,(H2,19,20,21,22). The summed E-state index contributed by atoms with van der Waals surface area (Å²) in [7, 11) is 0. The third-order valence-corrected chi connectivity index (χ3v) is 4.08. The van der Waals surface area contributed by atoms with Crippen molar-refractivity contribution in [3.8, 4) is 6.07 Å². The molecule has 0 fully saturated rings. The zero-order valence-electron chi connectivity index (χ0n) is 11.6. The van der Waals surface area contributed by atoms with Crippen LogP contribution in [0.5, 0.6) is 0 Å². The minimum absolute atomic E-state index is 0.0435. The smallest absolute Gasteiger partial charge is 0.226 e. The number of nitrogens with zero attached hydrogens (tertiary/aromatic N) is 2. The third-order valence-electron chi connectivity index (χ3n) is 4.08. The van der Waals surface area contributed by atoms with Gasteiger partial charge in [-0.2, -0.15) is 10.4 Å². The molecule has 0 spiro atoms. The summed E-state index contributed by atoms with van der Waals surface area (Å²) in [5, 5.41) is 19.0. The number of nitriles is 1. The van der Waals surface area contributed by atoms with Crippen LogP contribution in [0.3, 0.4) is 0 Å². The van der Waals surface area contributed by atoms with Crippen LogP contribution >= 0.6 is 0 Å². The van der Waals surface area contributed by atoms with E-state index in [-0.39, 0.29) is 11.8 Å². The third kappa shape index (κ3) is 1.85. The molecule has 0 saturated carbocycles. The normalized spacial score (nSPS) is 18.8. The van der Waals surface area contributed by atoms with Crippen LogP contribution in [0.1, 0.15) is 34.7 Å². The van der Waals surface area contributed by atoms with Crippen molar-refractivity contribution in [3.05, 3.63) is 64.9 Å². The molecule has 4 rings (SSSR count).